The SMILES string of the molecule is NNC(=O)c1cccc(Cl)c1Cl. The number of halogens is 2. The second-order valence-electron chi connectivity index (χ2n) is 2.07. The maximum Gasteiger partial charge on any atom is 0.266 e. The van der Waals surface area contributed by atoms with Gasteiger partial charge in [-0.05, 0) is 12.1 Å². The van der Waals surface area contributed by atoms with Crippen molar-refractivity contribution < 1.29 is 4.79 Å². The van der Waals surface area contributed by atoms with Crippen LogP contribution >= 0.6 is 23.2 Å². The molecule has 0 bridgehead atoms. The van der Waals surface area contributed by atoms with E-state index in [-0.39, 0.29) is 10.6 Å². The van der Waals surface area contributed by atoms with Gasteiger partial charge in [0, 0.05) is 0 Å². The zero-order valence-electron chi connectivity index (χ0n) is 5.97. The number of carbonyl (C=O) groups excluding carboxylic acids is 1. The summed E-state index contributed by atoms with van der Waals surface area (Å²) in [5.74, 6) is 4.47. The number of hydrogen-bond acceptors (Lipinski definition) is 2. The van der Waals surface area contributed by atoms with Gasteiger partial charge in [-0.3, -0.25) is 10.2 Å². The van der Waals surface area contributed by atoms with E-state index in [1.54, 1.807) is 12.1 Å². The van der Waals surface area contributed by atoms with Crippen molar-refractivity contribution >= 4 is 29.1 Å². The Morgan fingerprint density at radius 2 is 2.08 bits per heavy atom. The Labute approximate surface area is 79.4 Å². The van der Waals surface area contributed by atoms with Crippen LogP contribution in [0.2, 0.25) is 10.0 Å². The molecule has 1 aromatic carbocycles. The van der Waals surface area contributed by atoms with Crippen molar-refractivity contribution in [3.05, 3.63) is 33.8 Å². The molecule has 12 heavy (non-hydrogen) atoms. The fourth-order valence-corrected chi connectivity index (χ4v) is 1.14. The van der Waals surface area contributed by atoms with Gasteiger partial charge in [-0.25, -0.2) is 5.84 Å². The molecule has 0 fully saturated rings. The predicted octanol–water partition coefficient (Wildman–Crippen LogP) is 1.60. The molecule has 0 aliphatic carbocycles. The molecule has 0 aliphatic heterocycles. The average Bonchev–Trinajstić information content (AvgIpc) is 2.08. The highest BCUT2D eigenvalue weighted by molar-refractivity contribution is 6.43. The molecule has 5 heteroatoms. The van der Waals surface area contributed by atoms with Gasteiger partial charge >= 0.3 is 0 Å². The molecule has 1 aromatic rings. The van der Waals surface area contributed by atoms with Gasteiger partial charge in [-0.1, -0.05) is 29.3 Å². The standard InChI is InChI=1S/C7H6Cl2N2O/c8-5-3-1-2-4(6(5)9)7(12)11-10/h1-3H,10H2,(H,11,12). The lowest BCUT2D eigenvalue weighted by Gasteiger charge is -2.02. The molecular formula is C7H6Cl2N2O. The van der Waals surface area contributed by atoms with E-state index >= 15 is 0 Å². The Morgan fingerprint density at radius 3 is 2.67 bits per heavy atom. The van der Waals surface area contributed by atoms with Crippen LogP contribution in [0.1, 0.15) is 10.4 Å². The van der Waals surface area contributed by atoms with E-state index in [0.717, 1.165) is 0 Å². The normalized spacial score (nSPS) is 9.58. The van der Waals surface area contributed by atoms with Crippen molar-refractivity contribution in [2.75, 3.05) is 0 Å². The number of rotatable bonds is 1. The zero-order valence-corrected chi connectivity index (χ0v) is 7.49. The van der Waals surface area contributed by atoms with Gasteiger partial charge in [0.15, 0.2) is 0 Å². The van der Waals surface area contributed by atoms with Gasteiger partial charge in [0.2, 0.25) is 0 Å². The van der Waals surface area contributed by atoms with Gasteiger partial charge in [0.05, 0.1) is 15.6 Å². The van der Waals surface area contributed by atoms with Gasteiger partial charge in [0.1, 0.15) is 0 Å². The number of nitrogen functional groups attached to an aromatic ring is 1. The van der Waals surface area contributed by atoms with Crippen LogP contribution in [-0.4, -0.2) is 5.91 Å². The van der Waals surface area contributed by atoms with Crippen molar-refractivity contribution in [2.45, 2.75) is 0 Å². The van der Waals surface area contributed by atoms with Crippen molar-refractivity contribution in [1.82, 2.24) is 5.43 Å². The third-order valence-electron chi connectivity index (χ3n) is 1.33. The van der Waals surface area contributed by atoms with Crippen LogP contribution in [0, 0.1) is 0 Å². The molecule has 3 N–H and O–H groups in total. The minimum absolute atomic E-state index is 0.210. The second-order valence-corrected chi connectivity index (χ2v) is 2.86. The average molecular weight is 205 g/mol. The Hall–Kier alpha value is -0.770. The number of nitrogens with one attached hydrogen (secondary N) is 1. The number of carbonyl (C=O) groups is 1. The molecule has 0 spiro atoms. The first-order chi connectivity index (χ1) is 5.66. The first-order valence-corrected chi connectivity index (χ1v) is 3.87. The van der Waals surface area contributed by atoms with Crippen LogP contribution in [0.4, 0.5) is 0 Å². The topological polar surface area (TPSA) is 55.1 Å². The maximum atomic E-state index is 11.0. The molecule has 0 heterocycles. The number of benzene rings is 1. The van der Waals surface area contributed by atoms with Gasteiger partial charge in [0.25, 0.3) is 5.91 Å². The summed E-state index contributed by atoms with van der Waals surface area (Å²) in [4.78, 5) is 11.0. The summed E-state index contributed by atoms with van der Waals surface area (Å²) < 4.78 is 0. The Bertz CT molecular complexity index is 314. The summed E-state index contributed by atoms with van der Waals surface area (Å²) in [7, 11) is 0. The van der Waals surface area contributed by atoms with Crippen molar-refractivity contribution in [2.24, 2.45) is 5.84 Å². The fraction of sp³-hybridized carbons (Fsp3) is 0. The highest BCUT2D eigenvalue weighted by Gasteiger charge is 2.10. The molecule has 0 saturated carbocycles. The number of nitrogens with two attached hydrogens (primary N) is 1. The first kappa shape index (κ1) is 9.32. The van der Waals surface area contributed by atoms with Gasteiger partial charge in [-0.2, -0.15) is 0 Å². The van der Waals surface area contributed by atoms with Gasteiger partial charge < -0.3 is 0 Å². The molecule has 1 rings (SSSR count). The van der Waals surface area contributed by atoms with E-state index < -0.39 is 5.91 Å². The van der Waals surface area contributed by atoms with Gasteiger partial charge in [-0.15, -0.1) is 0 Å². The third-order valence-corrected chi connectivity index (χ3v) is 2.15. The van der Waals surface area contributed by atoms with Crippen LogP contribution in [0.3, 0.4) is 0 Å². The quantitative estimate of drug-likeness (QED) is 0.415. The molecule has 3 nitrogen and oxygen atoms in total. The summed E-state index contributed by atoms with van der Waals surface area (Å²) >= 11 is 11.4. The first-order valence-electron chi connectivity index (χ1n) is 3.11. The molecule has 0 radical (unpaired) electrons. The Morgan fingerprint density at radius 1 is 1.42 bits per heavy atom. The minimum Gasteiger partial charge on any atom is -0.290 e. The zero-order chi connectivity index (χ0) is 9.14. The molecule has 0 aromatic heterocycles. The van der Waals surface area contributed by atoms with Crippen LogP contribution in [0.5, 0.6) is 0 Å². The van der Waals surface area contributed by atoms with E-state index in [0.29, 0.717) is 5.02 Å². The van der Waals surface area contributed by atoms with E-state index in [9.17, 15) is 4.79 Å². The maximum absolute atomic E-state index is 11.0. The van der Waals surface area contributed by atoms with Crippen molar-refractivity contribution in [3.8, 4) is 0 Å². The number of hydrogen-bond donors (Lipinski definition) is 2. The van der Waals surface area contributed by atoms with Crippen LogP contribution in [0.25, 0.3) is 0 Å². The molecule has 64 valence electrons. The third kappa shape index (κ3) is 1.69. The smallest absolute Gasteiger partial charge is 0.266 e. The Kier molecular flexibility index (Phi) is 2.92. The summed E-state index contributed by atoms with van der Waals surface area (Å²) in [6.07, 6.45) is 0. The fourth-order valence-electron chi connectivity index (χ4n) is 0.757. The molecular weight excluding hydrogens is 199 g/mol. The van der Waals surface area contributed by atoms with E-state index in [4.69, 9.17) is 29.0 Å². The monoisotopic (exact) mass is 204 g/mol. The molecule has 0 saturated heterocycles. The van der Waals surface area contributed by atoms with Crippen LogP contribution in [-0.2, 0) is 0 Å². The minimum atomic E-state index is -0.456. The predicted molar refractivity (Wildman–Crippen MR) is 48.1 cm³/mol. The largest absolute Gasteiger partial charge is 0.290 e. The second kappa shape index (κ2) is 3.76. The lowest BCUT2D eigenvalue weighted by molar-refractivity contribution is 0.0954. The molecule has 0 aliphatic rings. The van der Waals surface area contributed by atoms with E-state index in [1.807, 2.05) is 5.43 Å². The Balaban J connectivity index is 3.16. The van der Waals surface area contributed by atoms with Crippen LogP contribution in [0.15, 0.2) is 18.2 Å². The highest BCUT2D eigenvalue weighted by atomic mass is 35.5. The summed E-state index contributed by atoms with van der Waals surface area (Å²) in [5.41, 5.74) is 2.24. The summed E-state index contributed by atoms with van der Waals surface area (Å²) in [5, 5.41) is 0.542. The van der Waals surface area contributed by atoms with E-state index in [2.05, 4.69) is 0 Å². The highest BCUT2D eigenvalue weighted by Crippen LogP contribution is 2.24. The lowest BCUT2D eigenvalue weighted by Crippen LogP contribution is -2.30. The number of hydrazine groups is 1. The molecule has 0 atom stereocenters. The summed E-state index contributed by atoms with van der Waals surface area (Å²) in [6.45, 7) is 0. The molecule has 0 unspecified atom stereocenters. The molecule has 1 amide bonds. The van der Waals surface area contributed by atoms with Crippen LogP contribution < -0.4 is 11.3 Å². The number of amides is 1. The van der Waals surface area contributed by atoms with E-state index in [1.165, 1.54) is 6.07 Å². The summed E-state index contributed by atoms with van der Waals surface area (Å²) in [6, 6.07) is 4.76. The van der Waals surface area contributed by atoms with Crippen molar-refractivity contribution in [1.29, 1.82) is 0 Å². The lowest BCUT2D eigenvalue weighted by atomic mass is 10.2. The van der Waals surface area contributed by atoms with Crippen molar-refractivity contribution in [3.63, 3.8) is 0 Å².